The van der Waals surface area contributed by atoms with Crippen LogP contribution in [0, 0.1) is 0 Å². The summed E-state index contributed by atoms with van der Waals surface area (Å²) in [6.45, 7) is 0.320. The van der Waals surface area contributed by atoms with Gasteiger partial charge in [-0.05, 0) is 29.8 Å². The molecule has 0 bridgehead atoms. The van der Waals surface area contributed by atoms with Crippen molar-refractivity contribution in [3.05, 3.63) is 96.6 Å². The Morgan fingerprint density at radius 3 is 1.43 bits per heavy atom. The molecule has 0 aliphatic heterocycles. The molecule has 0 saturated heterocycles. The molecule has 3 aromatic carbocycles. The Labute approximate surface area is 162 Å². The summed E-state index contributed by atoms with van der Waals surface area (Å²) >= 11 is 0. The van der Waals surface area contributed by atoms with Gasteiger partial charge in [0.1, 0.15) is 18.1 Å². The van der Waals surface area contributed by atoms with Gasteiger partial charge in [0.25, 0.3) is 0 Å². The first kappa shape index (κ1) is 17.5. The summed E-state index contributed by atoms with van der Waals surface area (Å²) in [5, 5.41) is 0. The van der Waals surface area contributed by atoms with Crippen LogP contribution >= 0.6 is 0 Å². The van der Waals surface area contributed by atoms with Crippen LogP contribution in [0.25, 0.3) is 0 Å². The van der Waals surface area contributed by atoms with Gasteiger partial charge >= 0.3 is 18.0 Å². The monoisotopic (exact) mass is 371 g/mol. The molecule has 138 valence electrons. The van der Waals surface area contributed by atoms with E-state index in [2.05, 4.69) is 15.0 Å². The lowest BCUT2D eigenvalue weighted by Gasteiger charge is -2.09. The predicted octanol–water partition coefficient (Wildman–Crippen LogP) is 5.04. The molecule has 6 nitrogen and oxygen atoms in total. The predicted molar refractivity (Wildman–Crippen MR) is 104 cm³/mol. The summed E-state index contributed by atoms with van der Waals surface area (Å²) in [5.74, 6) is 1.21. The zero-order chi connectivity index (χ0) is 19.0. The van der Waals surface area contributed by atoms with Crippen molar-refractivity contribution >= 4 is 0 Å². The number of rotatable bonds is 7. The molecule has 6 heteroatoms. The molecular weight excluding hydrogens is 354 g/mol. The van der Waals surface area contributed by atoms with Crippen molar-refractivity contribution in [2.24, 2.45) is 0 Å². The fraction of sp³-hybridized carbons (Fsp3) is 0.0455. The van der Waals surface area contributed by atoms with Gasteiger partial charge in [0.15, 0.2) is 0 Å². The molecule has 0 aliphatic rings. The molecule has 1 aromatic heterocycles. The van der Waals surface area contributed by atoms with Crippen LogP contribution in [0.5, 0.6) is 29.5 Å². The fourth-order valence-electron chi connectivity index (χ4n) is 2.39. The number of hydrogen-bond acceptors (Lipinski definition) is 6. The molecule has 0 saturated carbocycles. The molecule has 0 unspecified atom stereocenters. The second kappa shape index (κ2) is 8.64. The van der Waals surface area contributed by atoms with Crippen LogP contribution in [-0.2, 0) is 6.61 Å². The number of ether oxygens (including phenoxy) is 3. The fourth-order valence-corrected chi connectivity index (χ4v) is 2.39. The first-order chi connectivity index (χ1) is 13.8. The van der Waals surface area contributed by atoms with Crippen molar-refractivity contribution in [3.63, 3.8) is 0 Å². The smallest absolute Gasteiger partial charge is 0.331 e. The van der Waals surface area contributed by atoms with E-state index in [9.17, 15) is 0 Å². The highest BCUT2D eigenvalue weighted by atomic mass is 16.5. The molecule has 0 N–H and O–H groups in total. The topological polar surface area (TPSA) is 66.4 Å². The Hall–Kier alpha value is -3.93. The highest BCUT2D eigenvalue weighted by Crippen LogP contribution is 2.24. The third-order valence-corrected chi connectivity index (χ3v) is 3.69. The van der Waals surface area contributed by atoms with Crippen molar-refractivity contribution in [3.8, 4) is 29.5 Å². The van der Waals surface area contributed by atoms with E-state index >= 15 is 0 Å². The van der Waals surface area contributed by atoms with Gasteiger partial charge < -0.3 is 14.2 Å². The zero-order valence-corrected chi connectivity index (χ0v) is 14.9. The maximum atomic E-state index is 5.73. The van der Waals surface area contributed by atoms with Crippen molar-refractivity contribution in [1.29, 1.82) is 0 Å². The van der Waals surface area contributed by atoms with E-state index in [1.807, 2.05) is 91.0 Å². The van der Waals surface area contributed by atoms with Crippen LogP contribution < -0.4 is 14.2 Å². The van der Waals surface area contributed by atoms with Gasteiger partial charge in [-0.2, -0.15) is 0 Å². The standard InChI is InChI=1S/C22H17N3O3/c1-4-10-17(11-5-1)16-26-20-23-21(27-18-12-6-2-7-13-18)25-22(24-20)28-19-14-8-3-9-15-19/h1-15H,16H2. The van der Waals surface area contributed by atoms with Gasteiger partial charge in [0, 0.05) is 0 Å². The number of nitrogens with zero attached hydrogens (tertiary/aromatic N) is 3. The van der Waals surface area contributed by atoms with Crippen molar-refractivity contribution in [2.75, 3.05) is 0 Å². The SMILES string of the molecule is c1ccc(COc2nc(Oc3ccccc3)nc(Oc3ccccc3)n2)cc1. The summed E-state index contributed by atoms with van der Waals surface area (Å²) in [4.78, 5) is 12.7. The van der Waals surface area contributed by atoms with E-state index in [1.54, 1.807) is 0 Å². The lowest BCUT2D eigenvalue weighted by molar-refractivity contribution is 0.266. The van der Waals surface area contributed by atoms with E-state index in [4.69, 9.17) is 14.2 Å². The van der Waals surface area contributed by atoms with Crippen LogP contribution in [0.15, 0.2) is 91.0 Å². The van der Waals surface area contributed by atoms with E-state index < -0.39 is 0 Å². The maximum Gasteiger partial charge on any atom is 0.331 e. The van der Waals surface area contributed by atoms with Crippen LogP contribution in [0.4, 0.5) is 0 Å². The molecule has 0 spiro atoms. The molecule has 1 heterocycles. The Balaban J connectivity index is 1.58. The highest BCUT2D eigenvalue weighted by molar-refractivity contribution is 5.27. The van der Waals surface area contributed by atoms with Gasteiger partial charge in [-0.15, -0.1) is 15.0 Å². The average molecular weight is 371 g/mol. The van der Waals surface area contributed by atoms with E-state index in [0.717, 1.165) is 5.56 Å². The Kier molecular flexibility index (Phi) is 5.39. The van der Waals surface area contributed by atoms with Gasteiger partial charge in [0.2, 0.25) is 0 Å². The molecule has 0 fully saturated rings. The molecular formula is C22H17N3O3. The van der Waals surface area contributed by atoms with Crippen LogP contribution in [-0.4, -0.2) is 15.0 Å². The normalized spacial score (nSPS) is 10.3. The molecule has 0 aliphatic carbocycles. The zero-order valence-electron chi connectivity index (χ0n) is 14.9. The minimum atomic E-state index is 0.0928. The van der Waals surface area contributed by atoms with E-state index in [1.165, 1.54) is 0 Å². The molecule has 0 atom stereocenters. The highest BCUT2D eigenvalue weighted by Gasteiger charge is 2.12. The van der Waals surface area contributed by atoms with Crippen molar-refractivity contribution in [2.45, 2.75) is 6.61 Å². The van der Waals surface area contributed by atoms with Crippen molar-refractivity contribution < 1.29 is 14.2 Å². The summed E-state index contributed by atoms with van der Waals surface area (Å²) in [7, 11) is 0. The maximum absolute atomic E-state index is 5.73. The molecule has 4 aromatic rings. The van der Waals surface area contributed by atoms with Gasteiger partial charge in [0.05, 0.1) is 0 Å². The number of benzene rings is 3. The number of para-hydroxylation sites is 2. The molecule has 4 rings (SSSR count). The van der Waals surface area contributed by atoms with E-state index in [-0.39, 0.29) is 18.0 Å². The van der Waals surface area contributed by atoms with Crippen LogP contribution in [0.3, 0.4) is 0 Å². The largest absolute Gasteiger partial charge is 0.458 e. The Morgan fingerprint density at radius 2 is 0.929 bits per heavy atom. The lowest BCUT2D eigenvalue weighted by atomic mass is 10.2. The quantitative estimate of drug-likeness (QED) is 0.454. The van der Waals surface area contributed by atoms with E-state index in [0.29, 0.717) is 18.1 Å². The number of hydrogen-bond donors (Lipinski definition) is 0. The summed E-state index contributed by atoms with van der Waals surface area (Å²) in [5.41, 5.74) is 0.999. The first-order valence-electron chi connectivity index (χ1n) is 8.74. The second-order valence-electron chi connectivity index (χ2n) is 5.79. The van der Waals surface area contributed by atoms with Crippen LogP contribution in [0.2, 0.25) is 0 Å². The van der Waals surface area contributed by atoms with Gasteiger partial charge in [-0.25, -0.2) is 0 Å². The third-order valence-electron chi connectivity index (χ3n) is 3.69. The second-order valence-corrected chi connectivity index (χ2v) is 5.79. The first-order valence-corrected chi connectivity index (χ1v) is 8.74. The average Bonchev–Trinajstić information content (AvgIpc) is 2.74. The number of aromatic nitrogens is 3. The minimum absolute atomic E-state index is 0.0928. The summed E-state index contributed by atoms with van der Waals surface area (Å²) in [6, 6.07) is 28.6. The minimum Gasteiger partial charge on any atom is -0.458 e. The van der Waals surface area contributed by atoms with Gasteiger partial charge in [-0.1, -0.05) is 66.7 Å². The lowest BCUT2D eigenvalue weighted by Crippen LogP contribution is -2.04. The summed E-state index contributed by atoms with van der Waals surface area (Å²) < 4.78 is 17.2. The third kappa shape index (κ3) is 4.82. The van der Waals surface area contributed by atoms with Crippen molar-refractivity contribution in [1.82, 2.24) is 15.0 Å². The van der Waals surface area contributed by atoms with Gasteiger partial charge in [-0.3, -0.25) is 0 Å². The molecule has 0 amide bonds. The van der Waals surface area contributed by atoms with Crippen LogP contribution in [0.1, 0.15) is 5.56 Å². The molecule has 0 radical (unpaired) electrons. The Morgan fingerprint density at radius 1 is 0.500 bits per heavy atom. The summed E-state index contributed by atoms with van der Waals surface area (Å²) in [6.07, 6.45) is 0. The molecule has 28 heavy (non-hydrogen) atoms. The Bertz CT molecular complexity index is 953.